The van der Waals surface area contributed by atoms with Crippen LogP contribution in [0.3, 0.4) is 0 Å². The molecule has 1 aliphatic rings. The van der Waals surface area contributed by atoms with Crippen LogP contribution in [0.4, 0.5) is 0 Å². The Morgan fingerprint density at radius 1 is 1.40 bits per heavy atom. The highest BCUT2D eigenvalue weighted by Crippen LogP contribution is 2.27. The standard InChI is InChI=1S/C16H33N3O/c1-4-11-18-16(3,15(17)20)10-7-12-19(5-2)13-14-8-6-9-14/h14,18H,4-13H2,1-3H3,(H2,17,20). The van der Waals surface area contributed by atoms with Crippen molar-refractivity contribution >= 4 is 5.91 Å². The van der Waals surface area contributed by atoms with E-state index in [0.717, 1.165) is 44.8 Å². The van der Waals surface area contributed by atoms with E-state index in [9.17, 15) is 4.79 Å². The average Bonchev–Trinajstić information content (AvgIpc) is 2.38. The van der Waals surface area contributed by atoms with Gasteiger partial charge in [0.2, 0.25) is 5.91 Å². The number of nitrogens with one attached hydrogen (secondary N) is 1. The summed E-state index contributed by atoms with van der Waals surface area (Å²) in [4.78, 5) is 14.2. The molecule has 0 radical (unpaired) electrons. The maximum Gasteiger partial charge on any atom is 0.237 e. The molecule has 0 aliphatic heterocycles. The summed E-state index contributed by atoms with van der Waals surface area (Å²) in [6.45, 7) is 10.5. The summed E-state index contributed by atoms with van der Waals surface area (Å²) in [6.07, 6.45) is 7.07. The van der Waals surface area contributed by atoms with Crippen molar-refractivity contribution in [1.29, 1.82) is 0 Å². The lowest BCUT2D eigenvalue weighted by molar-refractivity contribution is -0.124. The Bertz CT molecular complexity index is 291. The molecule has 1 unspecified atom stereocenters. The molecule has 3 N–H and O–H groups in total. The maximum absolute atomic E-state index is 11.7. The third kappa shape index (κ3) is 5.41. The first kappa shape index (κ1) is 17.4. The van der Waals surface area contributed by atoms with Gasteiger partial charge in [-0.1, -0.05) is 20.3 Å². The van der Waals surface area contributed by atoms with Crippen LogP contribution in [0, 0.1) is 5.92 Å². The number of amides is 1. The van der Waals surface area contributed by atoms with Crippen molar-refractivity contribution < 1.29 is 4.79 Å². The molecule has 0 aromatic heterocycles. The van der Waals surface area contributed by atoms with Crippen molar-refractivity contribution in [3.8, 4) is 0 Å². The molecule has 1 rings (SSSR count). The van der Waals surface area contributed by atoms with Crippen LogP contribution in [0.5, 0.6) is 0 Å². The zero-order chi connectivity index (χ0) is 15.0. The van der Waals surface area contributed by atoms with Gasteiger partial charge >= 0.3 is 0 Å². The first-order chi connectivity index (χ1) is 9.51. The van der Waals surface area contributed by atoms with E-state index in [0.29, 0.717) is 0 Å². The minimum absolute atomic E-state index is 0.229. The Morgan fingerprint density at radius 3 is 2.55 bits per heavy atom. The van der Waals surface area contributed by atoms with Gasteiger partial charge in [0.25, 0.3) is 0 Å². The number of carbonyl (C=O) groups excluding carboxylic acids is 1. The molecule has 0 bridgehead atoms. The molecule has 0 aromatic rings. The van der Waals surface area contributed by atoms with Gasteiger partial charge in [-0.05, 0) is 64.6 Å². The first-order valence-corrected chi connectivity index (χ1v) is 8.29. The molecule has 1 amide bonds. The summed E-state index contributed by atoms with van der Waals surface area (Å²) < 4.78 is 0. The van der Waals surface area contributed by atoms with Gasteiger partial charge in [0.1, 0.15) is 0 Å². The van der Waals surface area contributed by atoms with E-state index in [4.69, 9.17) is 5.73 Å². The second kappa shape index (κ2) is 8.63. The molecule has 1 fully saturated rings. The van der Waals surface area contributed by atoms with Crippen molar-refractivity contribution in [2.24, 2.45) is 11.7 Å². The van der Waals surface area contributed by atoms with Gasteiger partial charge < -0.3 is 16.0 Å². The van der Waals surface area contributed by atoms with Crippen LogP contribution in [-0.4, -0.2) is 42.5 Å². The third-order valence-corrected chi connectivity index (χ3v) is 4.65. The molecule has 0 aromatic carbocycles. The highest BCUT2D eigenvalue weighted by molar-refractivity contribution is 5.84. The van der Waals surface area contributed by atoms with Crippen LogP contribution in [0.1, 0.15) is 59.3 Å². The summed E-state index contributed by atoms with van der Waals surface area (Å²) in [5.74, 6) is 0.684. The van der Waals surface area contributed by atoms with Crippen LogP contribution in [-0.2, 0) is 4.79 Å². The van der Waals surface area contributed by atoms with E-state index in [2.05, 4.69) is 24.1 Å². The molecule has 4 heteroatoms. The number of hydrogen-bond donors (Lipinski definition) is 2. The van der Waals surface area contributed by atoms with Crippen molar-refractivity contribution in [3.63, 3.8) is 0 Å². The minimum Gasteiger partial charge on any atom is -0.368 e. The van der Waals surface area contributed by atoms with Crippen molar-refractivity contribution in [2.75, 3.05) is 26.2 Å². The van der Waals surface area contributed by atoms with Crippen LogP contribution in [0.25, 0.3) is 0 Å². The van der Waals surface area contributed by atoms with E-state index in [-0.39, 0.29) is 5.91 Å². The molecule has 1 atom stereocenters. The van der Waals surface area contributed by atoms with Gasteiger partial charge in [-0.15, -0.1) is 0 Å². The lowest BCUT2D eigenvalue weighted by Gasteiger charge is -2.33. The van der Waals surface area contributed by atoms with Gasteiger partial charge in [-0.2, -0.15) is 0 Å². The van der Waals surface area contributed by atoms with Crippen molar-refractivity contribution in [3.05, 3.63) is 0 Å². The summed E-state index contributed by atoms with van der Waals surface area (Å²) in [7, 11) is 0. The second-order valence-electron chi connectivity index (χ2n) is 6.42. The Kier molecular flexibility index (Phi) is 7.52. The predicted molar refractivity (Wildman–Crippen MR) is 84.6 cm³/mol. The van der Waals surface area contributed by atoms with E-state index < -0.39 is 5.54 Å². The van der Waals surface area contributed by atoms with E-state index in [1.54, 1.807) is 0 Å². The second-order valence-corrected chi connectivity index (χ2v) is 6.42. The van der Waals surface area contributed by atoms with Gasteiger partial charge in [0, 0.05) is 6.54 Å². The summed E-state index contributed by atoms with van der Waals surface area (Å²) in [5, 5.41) is 3.31. The fourth-order valence-corrected chi connectivity index (χ4v) is 2.77. The van der Waals surface area contributed by atoms with Gasteiger partial charge in [0.05, 0.1) is 5.54 Å². The Balaban J connectivity index is 2.31. The quantitative estimate of drug-likeness (QED) is 0.611. The number of nitrogens with zero attached hydrogens (tertiary/aromatic N) is 1. The minimum atomic E-state index is -0.550. The normalized spacial score (nSPS) is 18.8. The highest BCUT2D eigenvalue weighted by atomic mass is 16.1. The van der Waals surface area contributed by atoms with Crippen LogP contribution in [0.2, 0.25) is 0 Å². The molecule has 118 valence electrons. The monoisotopic (exact) mass is 283 g/mol. The molecule has 4 nitrogen and oxygen atoms in total. The molecule has 0 heterocycles. The lowest BCUT2D eigenvalue weighted by Crippen LogP contribution is -2.53. The van der Waals surface area contributed by atoms with Crippen LogP contribution < -0.4 is 11.1 Å². The molecular weight excluding hydrogens is 250 g/mol. The zero-order valence-electron chi connectivity index (χ0n) is 13.6. The fourth-order valence-electron chi connectivity index (χ4n) is 2.77. The average molecular weight is 283 g/mol. The van der Waals surface area contributed by atoms with E-state index >= 15 is 0 Å². The molecule has 1 aliphatic carbocycles. The summed E-state index contributed by atoms with van der Waals surface area (Å²) in [5.41, 5.74) is 5.01. The Labute approximate surface area is 124 Å². The van der Waals surface area contributed by atoms with Crippen LogP contribution >= 0.6 is 0 Å². The van der Waals surface area contributed by atoms with Crippen molar-refractivity contribution in [1.82, 2.24) is 10.2 Å². The summed E-state index contributed by atoms with van der Waals surface area (Å²) >= 11 is 0. The van der Waals surface area contributed by atoms with E-state index in [1.165, 1.54) is 25.8 Å². The molecular formula is C16H33N3O. The summed E-state index contributed by atoms with van der Waals surface area (Å²) in [6, 6.07) is 0. The van der Waals surface area contributed by atoms with Gasteiger partial charge in [-0.25, -0.2) is 0 Å². The number of carbonyl (C=O) groups is 1. The largest absolute Gasteiger partial charge is 0.368 e. The van der Waals surface area contributed by atoms with Gasteiger partial charge in [-0.3, -0.25) is 4.79 Å². The van der Waals surface area contributed by atoms with Crippen LogP contribution in [0.15, 0.2) is 0 Å². The number of rotatable bonds is 11. The SMILES string of the molecule is CCCNC(C)(CCCN(CC)CC1CCC1)C(N)=O. The van der Waals surface area contributed by atoms with Crippen molar-refractivity contribution in [2.45, 2.75) is 64.8 Å². The Morgan fingerprint density at radius 2 is 2.10 bits per heavy atom. The topological polar surface area (TPSA) is 58.4 Å². The molecule has 0 saturated heterocycles. The fraction of sp³-hybridized carbons (Fsp3) is 0.938. The smallest absolute Gasteiger partial charge is 0.237 e. The van der Waals surface area contributed by atoms with Gasteiger partial charge in [0.15, 0.2) is 0 Å². The number of primary amides is 1. The first-order valence-electron chi connectivity index (χ1n) is 8.29. The predicted octanol–water partition coefficient (Wildman–Crippen LogP) is 2.13. The van der Waals surface area contributed by atoms with E-state index in [1.807, 2.05) is 6.92 Å². The maximum atomic E-state index is 11.7. The lowest BCUT2D eigenvalue weighted by atomic mass is 9.85. The number of nitrogens with two attached hydrogens (primary N) is 1. The third-order valence-electron chi connectivity index (χ3n) is 4.65. The Hall–Kier alpha value is -0.610. The molecule has 1 saturated carbocycles. The zero-order valence-corrected chi connectivity index (χ0v) is 13.6. The molecule has 0 spiro atoms. The highest BCUT2D eigenvalue weighted by Gasteiger charge is 2.29. The molecule has 20 heavy (non-hydrogen) atoms. The number of hydrogen-bond acceptors (Lipinski definition) is 3.